The molecule has 0 atom stereocenters. The van der Waals surface area contributed by atoms with Crippen LogP contribution in [0.15, 0.2) is 47.6 Å². The lowest BCUT2D eigenvalue weighted by molar-refractivity contribution is 0.587. The van der Waals surface area contributed by atoms with Crippen LogP contribution in [-0.2, 0) is 15.4 Å². The molecule has 0 bridgehead atoms. The summed E-state index contributed by atoms with van der Waals surface area (Å²) in [6.45, 7) is 9.99. The van der Waals surface area contributed by atoms with Gasteiger partial charge in [0.15, 0.2) is 5.82 Å². The molecule has 1 N–H and O–H groups in total. The number of rotatable bonds is 5. The summed E-state index contributed by atoms with van der Waals surface area (Å²) in [6, 6.07) is 9.02. The molecule has 0 fully saturated rings. The average molecular weight is 451 g/mol. The molecule has 0 aliphatic carbocycles. The quantitative estimate of drug-likeness (QED) is 0.563. The highest BCUT2D eigenvalue weighted by Crippen LogP contribution is 2.34. The van der Waals surface area contributed by atoms with Crippen molar-refractivity contribution in [2.24, 2.45) is 0 Å². The van der Waals surface area contributed by atoms with Gasteiger partial charge in [-0.1, -0.05) is 44.5 Å². The summed E-state index contributed by atoms with van der Waals surface area (Å²) in [5, 5.41) is 7.84. The van der Waals surface area contributed by atoms with Crippen molar-refractivity contribution in [3.63, 3.8) is 0 Å². The number of anilines is 1. The van der Waals surface area contributed by atoms with Gasteiger partial charge in [-0.15, -0.1) is 10.2 Å². The van der Waals surface area contributed by atoms with Gasteiger partial charge in [0.05, 0.1) is 15.6 Å². The number of sulfonamides is 1. The van der Waals surface area contributed by atoms with Gasteiger partial charge >= 0.3 is 0 Å². The molecular formula is C21H24ClFN4O2S. The molecule has 3 aromatic rings. The first kappa shape index (κ1) is 22.2. The van der Waals surface area contributed by atoms with Crippen molar-refractivity contribution >= 4 is 27.3 Å². The highest BCUT2D eigenvalue weighted by molar-refractivity contribution is 7.92. The number of benzene rings is 2. The van der Waals surface area contributed by atoms with E-state index < -0.39 is 15.8 Å². The van der Waals surface area contributed by atoms with E-state index in [1.807, 2.05) is 34.6 Å². The molecule has 1 aromatic heterocycles. The Labute approximate surface area is 181 Å². The number of hydrogen-bond donors (Lipinski definition) is 1. The summed E-state index contributed by atoms with van der Waals surface area (Å²) in [6.07, 6.45) is 1.53. The summed E-state index contributed by atoms with van der Waals surface area (Å²) >= 11 is 5.97. The minimum absolute atomic E-state index is 0.00762. The third kappa shape index (κ3) is 4.49. The fourth-order valence-electron chi connectivity index (χ4n) is 2.97. The topological polar surface area (TPSA) is 76.9 Å². The third-order valence-electron chi connectivity index (χ3n) is 4.71. The second-order valence-corrected chi connectivity index (χ2v) is 10.4. The first-order chi connectivity index (χ1) is 13.9. The van der Waals surface area contributed by atoms with Crippen LogP contribution in [0, 0.1) is 5.82 Å². The number of hydrogen-bond acceptors (Lipinski definition) is 4. The molecule has 0 unspecified atom stereocenters. The van der Waals surface area contributed by atoms with Crippen LogP contribution in [0.5, 0.6) is 0 Å². The Hall–Kier alpha value is -2.45. The molecule has 9 heteroatoms. The zero-order valence-corrected chi connectivity index (χ0v) is 19.0. The molecule has 0 saturated heterocycles. The predicted octanol–water partition coefficient (Wildman–Crippen LogP) is 5.42. The molecule has 160 valence electrons. The molecule has 3 rings (SSSR count). The molecule has 0 spiro atoms. The van der Waals surface area contributed by atoms with Crippen LogP contribution in [-0.4, -0.2) is 23.2 Å². The third-order valence-corrected chi connectivity index (χ3v) is 6.38. The lowest BCUT2D eigenvalue weighted by Gasteiger charge is -2.19. The van der Waals surface area contributed by atoms with E-state index in [-0.39, 0.29) is 27.1 Å². The molecule has 0 saturated carbocycles. The summed E-state index contributed by atoms with van der Waals surface area (Å²) in [5.41, 5.74) is 1.27. The zero-order chi connectivity index (χ0) is 22.3. The van der Waals surface area contributed by atoms with Gasteiger partial charge in [-0.3, -0.25) is 4.72 Å². The van der Waals surface area contributed by atoms with Gasteiger partial charge in [0.25, 0.3) is 10.0 Å². The van der Waals surface area contributed by atoms with E-state index in [0.29, 0.717) is 11.4 Å². The fraction of sp³-hybridized carbons (Fsp3) is 0.333. The number of nitrogens with zero attached hydrogens (tertiary/aromatic N) is 3. The first-order valence-corrected chi connectivity index (χ1v) is 11.3. The Morgan fingerprint density at radius 3 is 2.33 bits per heavy atom. The number of aromatic nitrogens is 3. The van der Waals surface area contributed by atoms with E-state index in [4.69, 9.17) is 11.6 Å². The van der Waals surface area contributed by atoms with Crippen LogP contribution in [0.4, 0.5) is 10.1 Å². The average Bonchev–Trinajstić information content (AvgIpc) is 3.13. The van der Waals surface area contributed by atoms with Crippen molar-refractivity contribution in [2.45, 2.75) is 51.0 Å². The van der Waals surface area contributed by atoms with E-state index in [1.54, 1.807) is 16.7 Å². The van der Waals surface area contributed by atoms with Crippen molar-refractivity contribution in [1.82, 2.24) is 14.8 Å². The standard InChI is InChI=1S/C21H24ClFN4O2S/c1-13(2)27-12-24-25-20(27)16-10-17(22)18(23)11-19(16)26-30(28,29)15-8-6-14(7-9-15)21(3,4)5/h6-13,26H,1-5H3. The molecule has 1 heterocycles. The van der Waals surface area contributed by atoms with Gasteiger partial charge in [-0.05, 0) is 43.0 Å². The summed E-state index contributed by atoms with van der Waals surface area (Å²) < 4.78 is 44.4. The molecule has 0 aliphatic rings. The molecule has 0 aliphatic heterocycles. The SMILES string of the molecule is CC(C)n1cnnc1-c1cc(Cl)c(F)cc1NS(=O)(=O)c1ccc(C(C)(C)C)cc1. The second-order valence-electron chi connectivity index (χ2n) is 8.35. The Morgan fingerprint density at radius 1 is 1.13 bits per heavy atom. The molecule has 6 nitrogen and oxygen atoms in total. The highest BCUT2D eigenvalue weighted by Gasteiger charge is 2.22. The minimum atomic E-state index is -3.97. The van der Waals surface area contributed by atoms with Crippen LogP contribution in [0.1, 0.15) is 46.2 Å². The van der Waals surface area contributed by atoms with Crippen molar-refractivity contribution in [3.8, 4) is 11.4 Å². The molecular weight excluding hydrogens is 427 g/mol. The Balaban J connectivity index is 2.06. The van der Waals surface area contributed by atoms with Gasteiger partial charge in [0.2, 0.25) is 0 Å². The van der Waals surface area contributed by atoms with Crippen LogP contribution >= 0.6 is 11.6 Å². The maximum absolute atomic E-state index is 14.2. The van der Waals surface area contributed by atoms with E-state index in [1.165, 1.54) is 24.5 Å². The monoisotopic (exact) mass is 450 g/mol. The van der Waals surface area contributed by atoms with Crippen molar-refractivity contribution in [2.75, 3.05) is 4.72 Å². The predicted molar refractivity (Wildman–Crippen MR) is 117 cm³/mol. The van der Waals surface area contributed by atoms with Crippen molar-refractivity contribution < 1.29 is 12.8 Å². The van der Waals surface area contributed by atoms with E-state index >= 15 is 0 Å². The van der Waals surface area contributed by atoms with Gasteiger partial charge in [0.1, 0.15) is 12.1 Å². The van der Waals surface area contributed by atoms with Crippen molar-refractivity contribution in [1.29, 1.82) is 0 Å². The first-order valence-electron chi connectivity index (χ1n) is 9.42. The van der Waals surface area contributed by atoms with Gasteiger partial charge in [0, 0.05) is 17.7 Å². The second kappa shape index (κ2) is 8.00. The Bertz CT molecular complexity index is 1170. The zero-order valence-electron chi connectivity index (χ0n) is 17.4. The maximum Gasteiger partial charge on any atom is 0.261 e. The summed E-state index contributed by atoms with van der Waals surface area (Å²) in [7, 11) is -3.97. The fourth-order valence-corrected chi connectivity index (χ4v) is 4.20. The van der Waals surface area contributed by atoms with E-state index in [0.717, 1.165) is 11.6 Å². The number of nitrogens with one attached hydrogen (secondary N) is 1. The lowest BCUT2D eigenvalue weighted by Crippen LogP contribution is -2.16. The van der Waals surface area contributed by atoms with Crippen LogP contribution in [0.2, 0.25) is 5.02 Å². The normalized spacial score (nSPS) is 12.4. The largest absolute Gasteiger partial charge is 0.311 e. The molecule has 0 radical (unpaired) electrons. The minimum Gasteiger partial charge on any atom is -0.311 e. The van der Waals surface area contributed by atoms with Crippen LogP contribution < -0.4 is 4.72 Å². The lowest BCUT2D eigenvalue weighted by atomic mass is 9.87. The van der Waals surface area contributed by atoms with E-state index in [2.05, 4.69) is 14.9 Å². The van der Waals surface area contributed by atoms with Gasteiger partial charge in [-0.25, -0.2) is 12.8 Å². The van der Waals surface area contributed by atoms with Crippen molar-refractivity contribution in [3.05, 3.63) is 59.1 Å². The molecule has 2 aromatic carbocycles. The summed E-state index contributed by atoms with van der Waals surface area (Å²) in [4.78, 5) is 0.0714. The van der Waals surface area contributed by atoms with Crippen LogP contribution in [0.3, 0.4) is 0 Å². The summed E-state index contributed by atoms with van der Waals surface area (Å²) in [5.74, 6) is -0.357. The van der Waals surface area contributed by atoms with E-state index in [9.17, 15) is 12.8 Å². The highest BCUT2D eigenvalue weighted by atomic mass is 35.5. The van der Waals surface area contributed by atoms with Gasteiger partial charge in [-0.2, -0.15) is 0 Å². The Kier molecular flexibility index (Phi) is 5.93. The maximum atomic E-state index is 14.2. The van der Waals surface area contributed by atoms with Crippen LogP contribution in [0.25, 0.3) is 11.4 Å². The molecule has 0 amide bonds. The number of halogens is 2. The molecule has 30 heavy (non-hydrogen) atoms. The Morgan fingerprint density at radius 2 is 1.77 bits per heavy atom. The smallest absolute Gasteiger partial charge is 0.261 e. The van der Waals surface area contributed by atoms with Gasteiger partial charge < -0.3 is 4.57 Å².